The van der Waals surface area contributed by atoms with Crippen LogP contribution in [-0.4, -0.2) is 44.7 Å². The Bertz CT molecular complexity index is 545. The molecule has 1 heterocycles. The fraction of sp³-hybridized carbons (Fsp3) is 0.667. The molecule has 5 heteroatoms. The third kappa shape index (κ3) is 7.02. The van der Waals surface area contributed by atoms with Gasteiger partial charge in [0.25, 0.3) is 0 Å². The quantitative estimate of drug-likeness (QED) is 0.705. The van der Waals surface area contributed by atoms with Gasteiger partial charge in [0.2, 0.25) is 10.0 Å². The zero-order valence-corrected chi connectivity index (χ0v) is 15.0. The number of likely N-dealkylation sites (tertiary alicyclic amines) is 1. The van der Waals surface area contributed by atoms with E-state index in [0.29, 0.717) is 19.0 Å². The zero-order chi connectivity index (χ0) is 16.5. The van der Waals surface area contributed by atoms with Crippen molar-refractivity contribution >= 4 is 10.0 Å². The van der Waals surface area contributed by atoms with E-state index in [9.17, 15) is 8.42 Å². The normalized spacial score (nSPS) is 19.8. The number of benzene rings is 1. The minimum absolute atomic E-state index is 0.167. The lowest BCUT2D eigenvalue weighted by molar-refractivity contribution is 0.158. The molecule has 1 saturated heterocycles. The molecule has 130 valence electrons. The van der Waals surface area contributed by atoms with Crippen molar-refractivity contribution in [2.45, 2.75) is 51.5 Å². The van der Waals surface area contributed by atoms with Gasteiger partial charge >= 0.3 is 0 Å². The highest BCUT2D eigenvalue weighted by Crippen LogP contribution is 2.16. The molecule has 0 aromatic heterocycles. The van der Waals surface area contributed by atoms with Crippen LogP contribution in [0.15, 0.2) is 30.3 Å². The predicted octanol–water partition coefficient (Wildman–Crippen LogP) is 2.80. The summed E-state index contributed by atoms with van der Waals surface area (Å²) in [5.41, 5.74) is 1.07. The zero-order valence-electron chi connectivity index (χ0n) is 14.2. The number of piperidine rings is 1. The number of nitrogens with one attached hydrogen (secondary N) is 1. The Hall–Kier alpha value is -0.910. The second kappa shape index (κ2) is 9.40. The Morgan fingerprint density at radius 2 is 1.96 bits per heavy atom. The maximum atomic E-state index is 12.0. The van der Waals surface area contributed by atoms with Crippen molar-refractivity contribution < 1.29 is 8.42 Å². The first-order valence-corrected chi connectivity index (χ1v) is 10.5. The molecule has 1 aliphatic heterocycles. The lowest BCUT2D eigenvalue weighted by atomic mass is 10.0. The van der Waals surface area contributed by atoms with Gasteiger partial charge in [-0.15, -0.1) is 0 Å². The molecule has 0 unspecified atom stereocenters. The summed E-state index contributed by atoms with van der Waals surface area (Å²) >= 11 is 0. The van der Waals surface area contributed by atoms with E-state index < -0.39 is 10.0 Å². The van der Waals surface area contributed by atoms with Crippen molar-refractivity contribution in [2.24, 2.45) is 0 Å². The number of hydrogen-bond donors (Lipinski definition) is 1. The van der Waals surface area contributed by atoms with E-state index in [1.54, 1.807) is 0 Å². The lowest BCUT2D eigenvalue weighted by Gasteiger charge is -2.33. The molecule has 1 N–H and O–H groups in total. The second-order valence-corrected chi connectivity index (χ2v) is 8.46. The Labute approximate surface area is 141 Å². The van der Waals surface area contributed by atoms with Gasteiger partial charge in [0.15, 0.2) is 0 Å². The maximum absolute atomic E-state index is 12.0. The smallest absolute Gasteiger partial charge is 0.211 e. The number of hydrogen-bond acceptors (Lipinski definition) is 3. The topological polar surface area (TPSA) is 49.4 Å². The lowest BCUT2D eigenvalue weighted by Crippen LogP contribution is -2.38. The Morgan fingerprint density at radius 1 is 1.17 bits per heavy atom. The first-order valence-electron chi connectivity index (χ1n) is 8.82. The molecule has 0 radical (unpaired) electrons. The van der Waals surface area contributed by atoms with Gasteiger partial charge < -0.3 is 4.90 Å². The van der Waals surface area contributed by atoms with Crippen molar-refractivity contribution in [1.82, 2.24) is 9.62 Å². The van der Waals surface area contributed by atoms with Gasteiger partial charge in [0, 0.05) is 12.6 Å². The average molecular weight is 339 g/mol. The number of rotatable bonds is 9. The molecule has 1 fully saturated rings. The summed E-state index contributed by atoms with van der Waals surface area (Å²) in [5.74, 6) is 0.167. The molecule has 4 nitrogen and oxygen atoms in total. The summed E-state index contributed by atoms with van der Waals surface area (Å²) in [6.07, 6.45) is 6.49. The minimum Gasteiger partial charge on any atom is -0.301 e. The first kappa shape index (κ1) is 18.4. The van der Waals surface area contributed by atoms with E-state index in [1.165, 1.54) is 25.8 Å². The number of nitrogens with zero attached hydrogens (tertiary/aromatic N) is 1. The Kier molecular flexibility index (Phi) is 7.53. The summed E-state index contributed by atoms with van der Waals surface area (Å²) < 4.78 is 26.7. The third-order valence-electron chi connectivity index (χ3n) is 4.64. The summed E-state index contributed by atoms with van der Waals surface area (Å²) in [4.78, 5) is 2.54. The largest absolute Gasteiger partial charge is 0.301 e. The molecule has 1 aromatic carbocycles. The van der Waals surface area contributed by atoms with Crippen LogP contribution < -0.4 is 4.72 Å². The summed E-state index contributed by atoms with van der Waals surface area (Å²) in [6.45, 7) is 5.14. The number of sulfonamides is 1. The fourth-order valence-electron chi connectivity index (χ4n) is 3.13. The Morgan fingerprint density at radius 3 is 2.70 bits per heavy atom. The van der Waals surface area contributed by atoms with Crippen LogP contribution in [0, 0.1) is 0 Å². The fourth-order valence-corrected chi connectivity index (χ4v) is 4.23. The average Bonchev–Trinajstić information content (AvgIpc) is 2.55. The molecule has 0 amide bonds. The standard InChI is InChI=1S/C18H30N2O2S/c1-17-9-5-7-14-20(17)15-8-6-13-19-23(21,22)16-12-18-10-3-2-4-11-18/h2-4,10-11,17,19H,5-9,12-16H2,1H3/t17-/m1/s1. The van der Waals surface area contributed by atoms with Crippen LogP contribution in [0.1, 0.15) is 44.6 Å². The summed E-state index contributed by atoms with van der Waals surface area (Å²) in [5, 5.41) is 0. The van der Waals surface area contributed by atoms with Crippen molar-refractivity contribution in [3.05, 3.63) is 35.9 Å². The van der Waals surface area contributed by atoms with Crippen LogP contribution in [0.25, 0.3) is 0 Å². The molecule has 0 bridgehead atoms. The van der Waals surface area contributed by atoms with Gasteiger partial charge in [-0.2, -0.15) is 0 Å². The molecular formula is C18H30N2O2S. The molecule has 1 atom stereocenters. The maximum Gasteiger partial charge on any atom is 0.211 e. The monoisotopic (exact) mass is 338 g/mol. The molecule has 0 aliphatic carbocycles. The highest BCUT2D eigenvalue weighted by atomic mass is 32.2. The van der Waals surface area contributed by atoms with Crippen LogP contribution in [0.3, 0.4) is 0 Å². The van der Waals surface area contributed by atoms with Crippen LogP contribution in [-0.2, 0) is 16.4 Å². The van der Waals surface area contributed by atoms with Crippen LogP contribution in [0.5, 0.6) is 0 Å². The minimum atomic E-state index is -3.16. The van der Waals surface area contributed by atoms with Crippen molar-refractivity contribution in [2.75, 3.05) is 25.4 Å². The van der Waals surface area contributed by atoms with E-state index >= 15 is 0 Å². The highest BCUT2D eigenvalue weighted by molar-refractivity contribution is 7.89. The third-order valence-corrected chi connectivity index (χ3v) is 6.02. The van der Waals surface area contributed by atoms with Crippen LogP contribution in [0.2, 0.25) is 0 Å². The highest BCUT2D eigenvalue weighted by Gasteiger charge is 2.17. The molecule has 0 saturated carbocycles. The second-order valence-electron chi connectivity index (χ2n) is 6.54. The number of unbranched alkanes of at least 4 members (excludes halogenated alkanes) is 1. The predicted molar refractivity (Wildman–Crippen MR) is 96.1 cm³/mol. The molecule has 0 spiro atoms. The van der Waals surface area contributed by atoms with Gasteiger partial charge in [-0.3, -0.25) is 0 Å². The molecule has 1 aromatic rings. The first-order chi connectivity index (χ1) is 11.1. The van der Waals surface area contributed by atoms with Gasteiger partial charge in [0.05, 0.1) is 5.75 Å². The van der Waals surface area contributed by atoms with E-state index in [4.69, 9.17) is 0 Å². The number of aryl methyl sites for hydroxylation is 1. The summed E-state index contributed by atoms with van der Waals surface area (Å²) in [7, 11) is -3.16. The van der Waals surface area contributed by atoms with Gasteiger partial charge in [-0.05, 0) is 57.7 Å². The molecule has 23 heavy (non-hydrogen) atoms. The van der Waals surface area contributed by atoms with Crippen molar-refractivity contribution in [1.29, 1.82) is 0 Å². The van der Waals surface area contributed by atoms with Crippen LogP contribution >= 0.6 is 0 Å². The van der Waals surface area contributed by atoms with Crippen molar-refractivity contribution in [3.63, 3.8) is 0 Å². The SMILES string of the molecule is C[C@@H]1CCCCN1CCCCNS(=O)(=O)CCc1ccccc1. The molecule has 1 aliphatic rings. The summed E-state index contributed by atoms with van der Waals surface area (Å²) in [6, 6.07) is 10.4. The van der Waals surface area contributed by atoms with E-state index in [0.717, 1.165) is 24.9 Å². The Balaban J connectivity index is 1.59. The molecule has 2 rings (SSSR count). The van der Waals surface area contributed by atoms with E-state index in [1.807, 2.05) is 30.3 Å². The van der Waals surface area contributed by atoms with E-state index in [-0.39, 0.29) is 5.75 Å². The van der Waals surface area contributed by atoms with Crippen LogP contribution in [0.4, 0.5) is 0 Å². The van der Waals surface area contributed by atoms with Gasteiger partial charge in [-0.25, -0.2) is 13.1 Å². The van der Waals surface area contributed by atoms with Gasteiger partial charge in [0.1, 0.15) is 0 Å². The van der Waals surface area contributed by atoms with Gasteiger partial charge in [-0.1, -0.05) is 36.8 Å². The van der Waals surface area contributed by atoms with Crippen molar-refractivity contribution in [3.8, 4) is 0 Å². The molecular weight excluding hydrogens is 308 g/mol. The van der Waals surface area contributed by atoms with E-state index in [2.05, 4.69) is 16.5 Å².